The second kappa shape index (κ2) is 3.75. The molecular weight excluding hydrogens is 221 g/mol. The average Bonchev–Trinajstić information content (AvgIpc) is 2.58. The largest absolute Gasteiger partial charge is 0.435 e. The van der Waals surface area contributed by atoms with Gasteiger partial charge >= 0.3 is 6.18 Å². The summed E-state index contributed by atoms with van der Waals surface area (Å²) in [5, 5.41) is 3.48. The highest BCUT2D eigenvalue weighted by molar-refractivity contribution is 5.50. The number of hydrogen-bond acceptors (Lipinski definition) is 3. The van der Waals surface area contributed by atoms with E-state index in [1.54, 1.807) is 0 Å². The van der Waals surface area contributed by atoms with Gasteiger partial charge < -0.3 is 5.73 Å². The molecule has 2 aromatic rings. The van der Waals surface area contributed by atoms with E-state index in [9.17, 15) is 13.2 Å². The molecule has 2 aromatic heterocycles. The van der Waals surface area contributed by atoms with E-state index in [0.29, 0.717) is 0 Å². The summed E-state index contributed by atoms with van der Waals surface area (Å²) >= 11 is 0. The lowest BCUT2D eigenvalue weighted by Gasteiger charge is -2.04. The highest BCUT2D eigenvalue weighted by Crippen LogP contribution is 2.32. The fourth-order valence-electron chi connectivity index (χ4n) is 1.54. The van der Waals surface area contributed by atoms with Gasteiger partial charge in [0, 0.05) is 18.0 Å². The SMILES string of the molecule is NCCc1c(C(F)(F)F)nn2cccnc12. The van der Waals surface area contributed by atoms with E-state index in [1.165, 1.54) is 18.5 Å². The van der Waals surface area contributed by atoms with Gasteiger partial charge in [0.05, 0.1) is 0 Å². The number of halogens is 3. The van der Waals surface area contributed by atoms with Crippen LogP contribution in [0.1, 0.15) is 11.3 Å². The fraction of sp³-hybridized carbons (Fsp3) is 0.333. The van der Waals surface area contributed by atoms with Gasteiger partial charge in [-0.05, 0) is 19.0 Å². The summed E-state index contributed by atoms with van der Waals surface area (Å²) in [4.78, 5) is 3.88. The Morgan fingerprint density at radius 1 is 1.38 bits per heavy atom. The highest BCUT2D eigenvalue weighted by atomic mass is 19.4. The normalized spacial score (nSPS) is 12.2. The number of aromatic nitrogens is 3. The molecule has 0 unspecified atom stereocenters. The summed E-state index contributed by atoms with van der Waals surface area (Å²) in [5.41, 5.74) is 4.64. The molecule has 0 amide bonds. The minimum Gasteiger partial charge on any atom is -0.330 e. The van der Waals surface area contributed by atoms with Crippen LogP contribution in [-0.2, 0) is 12.6 Å². The quantitative estimate of drug-likeness (QED) is 0.844. The third kappa shape index (κ3) is 1.73. The van der Waals surface area contributed by atoms with E-state index >= 15 is 0 Å². The van der Waals surface area contributed by atoms with E-state index in [0.717, 1.165) is 4.52 Å². The Morgan fingerprint density at radius 2 is 2.12 bits per heavy atom. The van der Waals surface area contributed by atoms with Crippen molar-refractivity contribution in [3.05, 3.63) is 29.7 Å². The minimum atomic E-state index is -4.47. The Kier molecular flexibility index (Phi) is 2.55. The van der Waals surface area contributed by atoms with Gasteiger partial charge in [-0.15, -0.1) is 0 Å². The van der Waals surface area contributed by atoms with Crippen molar-refractivity contribution in [2.24, 2.45) is 5.73 Å². The molecule has 0 radical (unpaired) electrons. The molecule has 2 rings (SSSR count). The van der Waals surface area contributed by atoms with Gasteiger partial charge in [-0.3, -0.25) is 0 Å². The van der Waals surface area contributed by atoms with Crippen LogP contribution >= 0.6 is 0 Å². The number of nitrogens with two attached hydrogens (primary N) is 1. The first-order valence-electron chi connectivity index (χ1n) is 4.63. The third-order valence-electron chi connectivity index (χ3n) is 2.15. The first-order valence-corrected chi connectivity index (χ1v) is 4.63. The summed E-state index contributed by atoms with van der Waals surface area (Å²) in [5.74, 6) is 0. The Labute approximate surface area is 88.9 Å². The Morgan fingerprint density at radius 3 is 2.75 bits per heavy atom. The molecule has 0 saturated carbocycles. The van der Waals surface area contributed by atoms with Crippen LogP contribution in [0, 0.1) is 0 Å². The van der Waals surface area contributed by atoms with Crippen molar-refractivity contribution in [3.63, 3.8) is 0 Å². The maximum absolute atomic E-state index is 12.7. The number of rotatable bonds is 2. The van der Waals surface area contributed by atoms with Crippen LogP contribution in [0.3, 0.4) is 0 Å². The molecule has 0 saturated heterocycles. The number of alkyl halides is 3. The van der Waals surface area contributed by atoms with Gasteiger partial charge in [-0.1, -0.05) is 0 Å². The van der Waals surface area contributed by atoms with Gasteiger partial charge in [0.1, 0.15) is 0 Å². The molecule has 16 heavy (non-hydrogen) atoms. The number of nitrogens with zero attached hydrogens (tertiary/aromatic N) is 3. The first-order chi connectivity index (χ1) is 7.54. The third-order valence-corrected chi connectivity index (χ3v) is 2.15. The van der Waals surface area contributed by atoms with Crippen molar-refractivity contribution < 1.29 is 13.2 Å². The lowest BCUT2D eigenvalue weighted by Crippen LogP contribution is -2.12. The molecule has 0 fully saturated rings. The van der Waals surface area contributed by atoms with Gasteiger partial charge in [0.25, 0.3) is 0 Å². The van der Waals surface area contributed by atoms with E-state index in [2.05, 4.69) is 10.1 Å². The molecule has 0 aromatic carbocycles. The Hall–Kier alpha value is -1.63. The zero-order valence-corrected chi connectivity index (χ0v) is 8.20. The Balaban J connectivity index is 2.68. The lowest BCUT2D eigenvalue weighted by atomic mass is 10.1. The average molecular weight is 230 g/mol. The lowest BCUT2D eigenvalue weighted by molar-refractivity contribution is -0.141. The van der Waals surface area contributed by atoms with Gasteiger partial charge in [0.15, 0.2) is 11.3 Å². The number of fused-ring (bicyclic) bond motifs is 1. The Bertz CT molecular complexity index is 503. The van der Waals surface area contributed by atoms with Gasteiger partial charge in [0.2, 0.25) is 0 Å². The molecule has 0 aliphatic carbocycles. The maximum atomic E-state index is 12.7. The highest BCUT2D eigenvalue weighted by Gasteiger charge is 2.37. The second-order valence-corrected chi connectivity index (χ2v) is 3.25. The molecule has 2 heterocycles. The zero-order valence-electron chi connectivity index (χ0n) is 8.20. The molecule has 86 valence electrons. The van der Waals surface area contributed by atoms with Crippen molar-refractivity contribution in [1.82, 2.24) is 14.6 Å². The van der Waals surface area contributed by atoms with E-state index in [1.807, 2.05) is 0 Å². The molecule has 4 nitrogen and oxygen atoms in total. The smallest absolute Gasteiger partial charge is 0.330 e. The molecule has 0 atom stereocenters. The van der Waals surface area contributed by atoms with E-state index < -0.39 is 11.9 Å². The van der Waals surface area contributed by atoms with E-state index in [4.69, 9.17) is 5.73 Å². The fourth-order valence-corrected chi connectivity index (χ4v) is 1.54. The summed E-state index contributed by atoms with van der Waals surface area (Å²) in [6.45, 7) is 0.126. The van der Waals surface area contributed by atoms with Crippen LogP contribution in [0.15, 0.2) is 18.5 Å². The maximum Gasteiger partial charge on any atom is 0.435 e. The zero-order chi connectivity index (χ0) is 11.8. The van der Waals surface area contributed by atoms with Crippen LogP contribution in [0.25, 0.3) is 5.65 Å². The molecule has 7 heteroatoms. The van der Waals surface area contributed by atoms with Crippen molar-refractivity contribution in [3.8, 4) is 0 Å². The molecule has 0 aliphatic rings. The molecule has 0 bridgehead atoms. The van der Waals surface area contributed by atoms with E-state index in [-0.39, 0.29) is 24.2 Å². The van der Waals surface area contributed by atoms with Crippen molar-refractivity contribution in [1.29, 1.82) is 0 Å². The van der Waals surface area contributed by atoms with Gasteiger partial charge in [-0.25, -0.2) is 9.50 Å². The predicted octanol–water partition coefficient (Wildman–Crippen LogP) is 1.25. The number of hydrogen-bond donors (Lipinski definition) is 1. The summed E-state index contributed by atoms with van der Waals surface area (Å²) in [6.07, 6.45) is -1.51. The summed E-state index contributed by atoms with van der Waals surface area (Å²) in [7, 11) is 0. The molecule has 2 N–H and O–H groups in total. The molecule has 0 aliphatic heterocycles. The monoisotopic (exact) mass is 230 g/mol. The van der Waals surface area contributed by atoms with Crippen LogP contribution < -0.4 is 5.73 Å². The van der Waals surface area contributed by atoms with Gasteiger partial charge in [-0.2, -0.15) is 18.3 Å². The summed E-state index contributed by atoms with van der Waals surface area (Å²) in [6, 6.07) is 1.52. The van der Waals surface area contributed by atoms with Crippen LogP contribution in [0.5, 0.6) is 0 Å². The van der Waals surface area contributed by atoms with Crippen LogP contribution in [-0.4, -0.2) is 21.1 Å². The topological polar surface area (TPSA) is 56.2 Å². The molecular formula is C9H9F3N4. The van der Waals surface area contributed by atoms with Crippen LogP contribution in [0.2, 0.25) is 0 Å². The standard InChI is InChI=1S/C9H9F3N4/c10-9(11,12)7-6(2-3-13)8-14-4-1-5-16(8)15-7/h1,4-5H,2-3,13H2. The molecule has 0 spiro atoms. The van der Waals surface area contributed by atoms with Crippen molar-refractivity contribution in [2.75, 3.05) is 6.54 Å². The first kappa shape index (κ1) is 10.9. The summed E-state index contributed by atoms with van der Waals surface area (Å²) < 4.78 is 39.1. The van der Waals surface area contributed by atoms with Crippen molar-refractivity contribution >= 4 is 5.65 Å². The second-order valence-electron chi connectivity index (χ2n) is 3.25. The minimum absolute atomic E-state index is 0.0515. The van der Waals surface area contributed by atoms with Crippen LogP contribution in [0.4, 0.5) is 13.2 Å². The predicted molar refractivity (Wildman–Crippen MR) is 50.7 cm³/mol. The van der Waals surface area contributed by atoms with Crippen molar-refractivity contribution in [2.45, 2.75) is 12.6 Å².